The number of hydrogen-bond donors (Lipinski definition) is 0. The molecule has 0 unspecified atom stereocenters. The highest BCUT2D eigenvalue weighted by atomic mass is 35.5. The van der Waals surface area contributed by atoms with Crippen LogP contribution in [0.3, 0.4) is 0 Å². The van der Waals surface area contributed by atoms with Gasteiger partial charge in [0.05, 0.1) is 10.9 Å². The molecule has 2 aromatic heterocycles. The molecule has 1 saturated carbocycles. The maximum atomic E-state index is 14.6. The highest BCUT2D eigenvalue weighted by Gasteiger charge is 2.58. The number of anilines is 2. The highest BCUT2D eigenvalue weighted by molar-refractivity contribution is 6.31. The van der Waals surface area contributed by atoms with E-state index >= 15 is 0 Å². The summed E-state index contributed by atoms with van der Waals surface area (Å²) in [6.07, 6.45) is -3.00. The Labute approximate surface area is 205 Å². The molecule has 0 radical (unpaired) electrons. The molecule has 0 bridgehead atoms. The Kier molecular flexibility index (Phi) is 5.55. The third-order valence-corrected chi connectivity index (χ3v) is 6.25. The van der Waals surface area contributed by atoms with Gasteiger partial charge in [-0.1, -0.05) is 23.4 Å². The normalized spacial score (nSPS) is 15.1. The SMILES string of the molecule is CC(F)(F)C1(C#Cc2cc(F)cc(N(CC(F)(F)F)c3nc4nncn4c4cc(Cl)ccc34)c2)CC1. The summed E-state index contributed by atoms with van der Waals surface area (Å²) >= 11 is 6.11. The van der Waals surface area contributed by atoms with Crippen molar-refractivity contribution in [3.05, 3.63) is 59.1 Å². The Hall–Kier alpha value is -3.52. The molecule has 5 nitrogen and oxygen atoms in total. The summed E-state index contributed by atoms with van der Waals surface area (Å²) in [7, 11) is 0. The van der Waals surface area contributed by atoms with E-state index in [0.717, 1.165) is 24.0 Å². The molecule has 2 aromatic carbocycles. The summed E-state index contributed by atoms with van der Waals surface area (Å²) in [5, 5.41) is 8.19. The van der Waals surface area contributed by atoms with Crippen molar-refractivity contribution < 1.29 is 26.3 Å². The first kappa shape index (κ1) is 24.2. The molecule has 1 aliphatic carbocycles. The fourth-order valence-corrected chi connectivity index (χ4v) is 4.16. The van der Waals surface area contributed by atoms with Gasteiger partial charge in [0.25, 0.3) is 11.7 Å². The fourth-order valence-electron chi connectivity index (χ4n) is 3.99. The van der Waals surface area contributed by atoms with Crippen LogP contribution in [0.1, 0.15) is 25.3 Å². The predicted octanol–water partition coefficient (Wildman–Crippen LogP) is 6.56. The lowest BCUT2D eigenvalue weighted by molar-refractivity contribution is -0.118. The number of rotatable bonds is 4. The van der Waals surface area contributed by atoms with Crippen molar-refractivity contribution in [2.24, 2.45) is 5.41 Å². The van der Waals surface area contributed by atoms with E-state index in [0.29, 0.717) is 10.5 Å². The Morgan fingerprint density at radius 1 is 1.11 bits per heavy atom. The molecular formula is C24H16ClF6N5. The molecule has 36 heavy (non-hydrogen) atoms. The molecule has 186 valence electrons. The molecule has 2 heterocycles. The first-order valence-corrected chi connectivity index (χ1v) is 11.1. The average Bonchev–Trinajstić information content (AvgIpc) is 3.44. The van der Waals surface area contributed by atoms with E-state index in [1.807, 2.05) is 0 Å². The van der Waals surface area contributed by atoms with Crippen LogP contribution >= 0.6 is 11.6 Å². The number of aromatic nitrogens is 4. The summed E-state index contributed by atoms with van der Waals surface area (Å²) < 4.78 is 85.0. The van der Waals surface area contributed by atoms with Gasteiger partial charge in [-0.05, 0) is 49.2 Å². The molecular weight excluding hydrogens is 508 g/mol. The van der Waals surface area contributed by atoms with Gasteiger partial charge < -0.3 is 4.90 Å². The van der Waals surface area contributed by atoms with E-state index in [4.69, 9.17) is 11.6 Å². The molecule has 0 N–H and O–H groups in total. The van der Waals surface area contributed by atoms with Crippen LogP contribution in [0.2, 0.25) is 5.02 Å². The Morgan fingerprint density at radius 3 is 2.53 bits per heavy atom. The van der Waals surface area contributed by atoms with Gasteiger partial charge in [-0.25, -0.2) is 13.2 Å². The first-order chi connectivity index (χ1) is 16.9. The zero-order valence-electron chi connectivity index (χ0n) is 18.5. The van der Waals surface area contributed by atoms with Gasteiger partial charge in [-0.3, -0.25) is 4.40 Å². The van der Waals surface area contributed by atoms with Crippen molar-refractivity contribution in [2.75, 3.05) is 11.4 Å². The summed E-state index contributed by atoms with van der Waals surface area (Å²) in [5.41, 5.74) is -1.38. The Morgan fingerprint density at radius 2 is 1.86 bits per heavy atom. The molecule has 5 rings (SSSR count). The van der Waals surface area contributed by atoms with Crippen molar-refractivity contribution in [3.63, 3.8) is 0 Å². The summed E-state index contributed by atoms with van der Waals surface area (Å²) in [4.78, 5) is 5.03. The van der Waals surface area contributed by atoms with Crippen LogP contribution in [0.15, 0.2) is 42.7 Å². The van der Waals surface area contributed by atoms with Crippen LogP contribution in [-0.4, -0.2) is 38.2 Å². The second-order valence-electron chi connectivity index (χ2n) is 8.72. The van der Waals surface area contributed by atoms with E-state index in [2.05, 4.69) is 27.0 Å². The van der Waals surface area contributed by atoms with Crippen molar-refractivity contribution in [1.82, 2.24) is 19.6 Å². The summed E-state index contributed by atoms with van der Waals surface area (Å²) in [6.45, 7) is -0.754. The molecule has 0 aliphatic heterocycles. The lowest BCUT2D eigenvalue weighted by Crippen LogP contribution is -2.31. The number of hydrogen-bond acceptors (Lipinski definition) is 4. The number of halogens is 7. The topological polar surface area (TPSA) is 46.3 Å². The molecule has 1 aliphatic rings. The quantitative estimate of drug-likeness (QED) is 0.225. The molecule has 12 heteroatoms. The number of benzene rings is 2. The fraction of sp³-hybridized carbons (Fsp3) is 0.292. The van der Waals surface area contributed by atoms with Crippen LogP contribution in [0.5, 0.6) is 0 Å². The van der Waals surface area contributed by atoms with Crippen LogP contribution in [0, 0.1) is 23.1 Å². The highest BCUT2D eigenvalue weighted by Crippen LogP contribution is 2.56. The van der Waals surface area contributed by atoms with Crippen molar-refractivity contribution in [3.8, 4) is 11.8 Å². The standard InChI is InChI=1S/C24H16ClF6N5/c1-22(27,28)23(6-7-23)5-4-14-8-16(26)11-17(9-14)35(12-24(29,30)31)20-18-3-2-15(25)10-19(18)36-13-32-34-21(36)33-20/h2-3,8-11,13H,6-7,12H2,1H3. The second-order valence-corrected chi connectivity index (χ2v) is 9.15. The zero-order chi connectivity index (χ0) is 25.9. The van der Waals surface area contributed by atoms with E-state index < -0.39 is 29.9 Å². The van der Waals surface area contributed by atoms with Gasteiger partial charge in [-0.2, -0.15) is 18.2 Å². The van der Waals surface area contributed by atoms with Crippen molar-refractivity contribution in [1.29, 1.82) is 0 Å². The lowest BCUT2D eigenvalue weighted by Gasteiger charge is -2.26. The molecule has 1 fully saturated rings. The largest absolute Gasteiger partial charge is 0.406 e. The summed E-state index contributed by atoms with van der Waals surface area (Å²) in [5.74, 6) is 0.936. The third kappa shape index (κ3) is 4.53. The molecule has 0 atom stereocenters. The Bertz CT molecular complexity index is 1540. The molecule has 0 saturated heterocycles. The number of alkyl halides is 5. The van der Waals surface area contributed by atoms with Crippen LogP contribution in [0.25, 0.3) is 16.7 Å². The first-order valence-electron chi connectivity index (χ1n) is 10.7. The van der Waals surface area contributed by atoms with Crippen LogP contribution in [-0.2, 0) is 0 Å². The van der Waals surface area contributed by atoms with Crippen LogP contribution < -0.4 is 4.90 Å². The molecule has 0 spiro atoms. The summed E-state index contributed by atoms with van der Waals surface area (Å²) in [6, 6.07) is 7.59. The van der Waals surface area contributed by atoms with Gasteiger partial charge in [0.2, 0.25) is 0 Å². The van der Waals surface area contributed by atoms with Crippen molar-refractivity contribution in [2.45, 2.75) is 31.9 Å². The van der Waals surface area contributed by atoms with E-state index in [1.165, 1.54) is 35.0 Å². The third-order valence-electron chi connectivity index (χ3n) is 6.02. The maximum Gasteiger partial charge on any atom is 0.406 e. The molecule has 4 aromatic rings. The number of nitrogens with zero attached hydrogens (tertiary/aromatic N) is 5. The minimum absolute atomic E-state index is 0.00390. The van der Waals surface area contributed by atoms with Gasteiger partial charge >= 0.3 is 6.18 Å². The van der Waals surface area contributed by atoms with Gasteiger partial charge in [-0.15, -0.1) is 10.2 Å². The van der Waals surface area contributed by atoms with Gasteiger partial charge in [0.1, 0.15) is 24.5 Å². The number of fused-ring (bicyclic) bond motifs is 3. The minimum Gasteiger partial charge on any atom is -0.316 e. The Balaban J connectivity index is 1.68. The lowest BCUT2D eigenvalue weighted by atomic mass is 9.99. The van der Waals surface area contributed by atoms with E-state index in [9.17, 15) is 26.3 Å². The predicted molar refractivity (Wildman–Crippen MR) is 122 cm³/mol. The van der Waals surface area contributed by atoms with Crippen molar-refractivity contribution >= 4 is 39.8 Å². The smallest absolute Gasteiger partial charge is 0.316 e. The van der Waals surface area contributed by atoms with Gasteiger partial charge in [0.15, 0.2) is 0 Å². The van der Waals surface area contributed by atoms with Gasteiger partial charge in [0, 0.05) is 28.6 Å². The second kappa shape index (κ2) is 8.27. The average molecular weight is 524 g/mol. The zero-order valence-corrected chi connectivity index (χ0v) is 19.3. The van der Waals surface area contributed by atoms with E-state index in [1.54, 1.807) is 0 Å². The van der Waals surface area contributed by atoms with E-state index in [-0.39, 0.29) is 41.1 Å². The minimum atomic E-state index is -4.71. The van der Waals surface area contributed by atoms with Crippen LogP contribution in [0.4, 0.5) is 37.8 Å². The maximum absolute atomic E-state index is 14.6. The molecule has 0 amide bonds. The monoisotopic (exact) mass is 523 g/mol.